The Morgan fingerprint density at radius 1 is 1.00 bits per heavy atom. The van der Waals surface area contributed by atoms with Crippen molar-refractivity contribution in [3.63, 3.8) is 0 Å². The minimum atomic E-state index is -0.218. The predicted octanol–water partition coefficient (Wildman–Crippen LogP) is -0.392. The summed E-state index contributed by atoms with van der Waals surface area (Å²) in [5, 5.41) is 2.74. The van der Waals surface area contributed by atoms with Crippen LogP contribution in [0.5, 0.6) is 0 Å². The number of amides is 4. The lowest BCUT2D eigenvalue weighted by atomic mass is 9.81. The zero-order chi connectivity index (χ0) is 19.4. The summed E-state index contributed by atoms with van der Waals surface area (Å²) in [5.41, 5.74) is 0. The number of nitrogens with one attached hydrogen (secondary N) is 1. The van der Waals surface area contributed by atoms with Gasteiger partial charge in [0.2, 0.25) is 23.6 Å². The Balaban J connectivity index is 1.47. The monoisotopic (exact) mass is 376 g/mol. The van der Waals surface area contributed by atoms with Gasteiger partial charge in [0.1, 0.15) is 6.54 Å². The van der Waals surface area contributed by atoms with Gasteiger partial charge in [-0.2, -0.15) is 0 Å². The van der Waals surface area contributed by atoms with Crippen LogP contribution in [0, 0.1) is 11.8 Å². The van der Waals surface area contributed by atoms with E-state index in [1.807, 2.05) is 4.90 Å². The van der Waals surface area contributed by atoms with E-state index in [0.717, 1.165) is 25.7 Å². The van der Waals surface area contributed by atoms with Crippen molar-refractivity contribution in [2.75, 3.05) is 45.8 Å². The SMILES string of the molecule is C=CCNC(=O)CN1CCN(C(=O)CN2C(=O)C3CCCCC3C2=O)CC1. The number of nitrogens with zero attached hydrogens (tertiary/aromatic N) is 3. The minimum Gasteiger partial charge on any atom is -0.352 e. The van der Waals surface area contributed by atoms with Crippen LogP contribution in [-0.4, -0.2) is 84.1 Å². The van der Waals surface area contributed by atoms with Crippen LogP contribution in [0.25, 0.3) is 0 Å². The van der Waals surface area contributed by atoms with Gasteiger partial charge in [-0.15, -0.1) is 6.58 Å². The molecule has 0 aromatic heterocycles. The quantitative estimate of drug-likeness (QED) is 0.504. The molecule has 0 aromatic carbocycles. The molecule has 3 fully saturated rings. The first-order valence-electron chi connectivity index (χ1n) is 9.74. The highest BCUT2D eigenvalue weighted by Gasteiger charge is 2.48. The lowest BCUT2D eigenvalue weighted by molar-refractivity contribution is -0.147. The van der Waals surface area contributed by atoms with E-state index in [0.29, 0.717) is 39.3 Å². The normalized spacial score (nSPS) is 26.1. The number of imide groups is 1. The fourth-order valence-corrected chi connectivity index (χ4v) is 4.22. The molecule has 148 valence electrons. The van der Waals surface area contributed by atoms with Crippen LogP contribution in [0.2, 0.25) is 0 Å². The van der Waals surface area contributed by atoms with Gasteiger partial charge in [0.25, 0.3) is 0 Å². The number of carbonyl (C=O) groups is 4. The molecule has 0 spiro atoms. The first-order chi connectivity index (χ1) is 13.0. The van der Waals surface area contributed by atoms with Crippen molar-refractivity contribution in [3.8, 4) is 0 Å². The number of piperazine rings is 1. The molecular formula is C19H28N4O4. The Bertz CT molecular complexity index is 603. The average Bonchev–Trinajstić information content (AvgIpc) is 2.92. The lowest BCUT2D eigenvalue weighted by Gasteiger charge is -2.34. The zero-order valence-electron chi connectivity index (χ0n) is 15.7. The summed E-state index contributed by atoms with van der Waals surface area (Å²) in [5.74, 6) is -1.03. The second-order valence-electron chi connectivity index (χ2n) is 7.51. The topological polar surface area (TPSA) is 90.0 Å². The van der Waals surface area contributed by atoms with Gasteiger partial charge >= 0.3 is 0 Å². The molecule has 2 unspecified atom stereocenters. The third-order valence-electron chi connectivity index (χ3n) is 5.76. The molecule has 1 N–H and O–H groups in total. The summed E-state index contributed by atoms with van der Waals surface area (Å²) in [7, 11) is 0. The fourth-order valence-electron chi connectivity index (χ4n) is 4.22. The molecular weight excluding hydrogens is 348 g/mol. The second kappa shape index (κ2) is 8.65. The number of carbonyl (C=O) groups excluding carboxylic acids is 4. The van der Waals surface area contributed by atoms with Gasteiger partial charge in [0.15, 0.2) is 0 Å². The van der Waals surface area contributed by atoms with E-state index in [4.69, 9.17) is 0 Å². The molecule has 1 saturated carbocycles. The Labute approximate surface area is 159 Å². The first-order valence-corrected chi connectivity index (χ1v) is 9.74. The standard InChI is InChI=1S/C19H28N4O4/c1-2-7-20-16(24)12-21-8-10-22(11-9-21)17(25)13-23-18(26)14-5-3-4-6-15(14)19(23)27/h2,14-15H,1,3-13H2,(H,20,24). The second-order valence-corrected chi connectivity index (χ2v) is 7.51. The number of rotatable bonds is 6. The Morgan fingerprint density at radius 2 is 1.59 bits per heavy atom. The highest BCUT2D eigenvalue weighted by molar-refractivity contribution is 6.07. The molecule has 8 heteroatoms. The van der Waals surface area contributed by atoms with Crippen molar-refractivity contribution in [1.29, 1.82) is 0 Å². The maximum Gasteiger partial charge on any atom is 0.242 e. The fraction of sp³-hybridized carbons (Fsp3) is 0.684. The Hall–Kier alpha value is -2.22. The molecule has 2 atom stereocenters. The van der Waals surface area contributed by atoms with E-state index in [1.54, 1.807) is 11.0 Å². The molecule has 4 amide bonds. The van der Waals surface area contributed by atoms with Gasteiger partial charge in [-0.3, -0.25) is 29.0 Å². The maximum atomic E-state index is 12.6. The molecule has 0 bridgehead atoms. The van der Waals surface area contributed by atoms with Crippen molar-refractivity contribution in [3.05, 3.63) is 12.7 Å². The summed E-state index contributed by atoms with van der Waals surface area (Å²) in [6.45, 7) is 6.34. The Morgan fingerprint density at radius 3 is 2.15 bits per heavy atom. The van der Waals surface area contributed by atoms with Gasteiger partial charge in [-0.25, -0.2) is 0 Å². The summed E-state index contributed by atoms with van der Waals surface area (Å²) in [6.07, 6.45) is 5.10. The van der Waals surface area contributed by atoms with Crippen molar-refractivity contribution < 1.29 is 19.2 Å². The van der Waals surface area contributed by atoms with E-state index >= 15 is 0 Å². The zero-order valence-corrected chi connectivity index (χ0v) is 15.7. The molecule has 0 radical (unpaired) electrons. The van der Waals surface area contributed by atoms with E-state index in [2.05, 4.69) is 11.9 Å². The average molecular weight is 376 g/mol. The largest absolute Gasteiger partial charge is 0.352 e. The predicted molar refractivity (Wildman–Crippen MR) is 98.4 cm³/mol. The van der Waals surface area contributed by atoms with Gasteiger partial charge in [0.05, 0.1) is 18.4 Å². The molecule has 3 aliphatic rings. The highest BCUT2D eigenvalue weighted by atomic mass is 16.2. The lowest BCUT2D eigenvalue weighted by Crippen LogP contribution is -2.53. The number of hydrogen-bond donors (Lipinski definition) is 1. The van der Waals surface area contributed by atoms with E-state index in [-0.39, 0.29) is 42.0 Å². The third kappa shape index (κ3) is 4.37. The number of hydrogen-bond acceptors (Lipinski definition) is 5. The van der Waals surface area contributed by atoms with Crippen molar-refractivity contribution in [1.82, 2.24) is 20.0 Å². The summed E-state index contributed by atoms with van der Waals surface area (Å²) in [4.78, 5) is 54.2. The van der Waals surface area contributed by atoms with Crippen LogP contribution < -0.4 is 5.32 Å². The van der Waals surface area contributed by atoms with Crippen LogP contribution >= 0.6 is 0 Å². The summed E-state index contributed by atoms with van der Waals surface area (Å²) >= 11 is 0. The maximum absolute atomic E-state index is 12.6. The number of likely N-dealkylation sites (tertiary alicyclic amines) is 1. The molecule has 3 rings (SSSR count). The van der Waals surface area contributed by atoms with Crippen molar-refractivity contribution in [2.45, 2.75) is 25.7 Å². The van der Waals surface area contributed by atoms with E-state index < -0.39 is 0 Å². The summed E-state index contributed by atoms with van der Waals surface area (Å²) in [6, 6.07) is 0. The molecule has 27 heavy (non-hydrogen) atoms. The number of fused-ring (bicyclic) bond motifs is 1. The van der Waals surface area contributed by atoms with Gasteiger partial charge in [-0.05, 0) is 12.8 Å². The van der Waals surface area contributed by atoms with Gasteiger partial charge in [-0.1, -0.05) is 18.9 Å². The van der Waals surface area contributed by atoms with Crippen LogP contribution in [0.1, 0.15) is 25.7 Å². The molecule has 2 saturated heterocycles. The minimum absolute atomic E-state index is 0.0643. The third-order valence-corrected chi connectivity index (χ3v) is 5.76. The first kappa shape index (κ1) is 19.5. The van der Waals surface area contributed by atoms with Crippen LogP contribution in [0.4, 0.5) is 0 Å². The van der Waals surface area contributed by atoms with Crippen molar-refractivity contribution in [2.24, 2.45) is 11.8 Å². The van der Waals surface area contributed by atoms with Crippen LogP contribution in [0.3, 0.4) is 0 Å². The van der Waals surface area contributed by atoms with Gasteiger partial charge in [0, 0.05) is 32.7 Å². The van der Waals surface area contributed by atoms with Gasteiger partial charge < -0.3 is 10.2 Å². The van der Waals surface area contributed by atoms with Crippen LogP contribution in [-0.2, 0) is 19.2 Å². The Kier molecular flexibility index (Phi) is 6.26. The van der Waals surface area contributed by atoms with Crippen molar-refractivity contribution >= 4 is 23.6 Å². The summed E-state index contributed by atoms with van der Waals surface area (Å²) < 4.78 is 0. The molecule has 2 aliphatic heterocycles. The van der Waals surface area contributed by atoms with Crippen LogP contribution in [0.15, 0.2) is 12.7 Å². The highest BCUT2D eigenvalue weighted by Crippen LogP contribution is 2.37. The smallest absolute Gasteiger partial charge is 0.242 e. The molecule has 2 heterocycles. The molecule has 1 aliphatic carbocycles. The molecule has 8 nitrogen and oxygen atoms in total. The van der Waals surface area contributed by atoms with E-state index in [9.17, 15) is 19.2 Å². The molecule has 0 aromatic rings. The van der Waals surface area contributed by atoms with E-state index in [1.165, 1.54) is 4.90 Å².